The maximum atomic E-state index is 11.4. The highest BCUT2D eigenvalue weighted by atomic mass is 16.1. The summed E-state index contributed by atoms with van der Waals surface area (Å²) in [6.45, 7) is 2.81. The summed E-state index contributed by atoms with van der Waals surface area (Å²) >= 11 is 0. The first-order valence-electron chi connectivity index (χ1n) is 6.62. The molecular formula is C17H20N2O. The molecule has 2 aromatic rings. The molecular weight excluding hydrogens is 248 g/mol. The number of nitrogens with two attached hydrogens (primary N) is 1. The average molecular weight is 268 g/mol. The van der Waals surface area contributed by atoms with Crippen LogP contribution in [-0.2, 0) is 6.54 Å². The van der Waals surface area contributed by atoms with Gasteiger partial charge in [-0.05, 0) is 49.3 Å². The molecule has 0 spiro atoms. The summed E-state index contributed by atoms with van der Waals surface area (Å²) in [5, 5.41) is 0. The predicted molar refractivity (Wildman–Crippen MR) is 82.5 cm³/mol. The first-order valence-corrected chi connectivity index (χ1v) is 6.62. The Bertz CT molecular complexity index is 615. The summed E-state index contributed by atoms with van der Waals surface area (Å²) in [7, 11) is 4.10. The number of aryl methyl sites for hydroxylation is 1. The summed E-state index contributed by atoms with van der Waals surface area (Å²) in [6.07, 6.45) is 0. The number of benzene rings is 2. The molecule has 0 aliphatic rings. The Labute approximate surface area is 120 Å². The molecule has 20 heavy (non-hydrogen) atoms. The number of carbonyl (C=O) groups is 1. The molecule has 0 fully saturated rings. The van der Waals surface area contributed by atoms with Crippen molar-refractivity contribution < 1.29 is 4.79 Å². The maximum Gasteiger partial charge on any atom is 0.248 e. The third-order valence-electron chi connectivity index (χ3n) is 3.29. The van der Waals surface area contributed by atoms with Crippen LogP contribution < -0.4 is 5.73 Å². The Hall–Kier alpha value is -2.13. The molecule has 0 aliphatic carbocycles. The fraction of sp³-hybridized carbons (Fsp3) is 0.235. The van der Waals surface area contributed by atoms with Crippen molar-refractivity contribution in [1.82, 2.24) is 4.90 Å². The molecule has 0 aromatic heterocycles. The van der Waals surface area contributed by atoms with Crippen molar-refractivity contribution in [2.24, 2.45) is 5.73 Å². The van der Waals surface area contributed by atoms with Gasteiger partial charge in [0.2, 0.25) is 5.91 Å². The fourth-order valence-corrected chi connectivity index (χ4v) is 2.23. The Kier molecular flexibility index (Phi) is 4.20. The van der Waals surface area contributed by atoms with E-state index in [0.717, 1.165) is 23.2 Å². The summed E-state index contributed by atoms with van der Waals surface area (Å²) in [4.78, 5) is 13.5. The van der Waals surface area contributed by atoms with Crippen LogP contribution in [0.5, 0.6) is 0 Å². The highest BCUT2D eigenvalue weighted by Gasteiger charge is 2.07. The maximum absolute atomic E-state index is 11.4. The normalized spacial score (nSPS) is 10.8. The Morgan fingerprint density at radius 1 is 1.05 bits per heavy atom. The van der Waals surface area contributed by atoms with Crippen molar-refractivity contribution in [2.75, 3.05) is 14.1 Å². The van der Waals surface area contributed by atoms with Crippen LogP contribution in [0.1, 0.15) is 21.5 Å². The molecule has 0 unspecified atom stereocenters. The van der Waals surface area contributed by atoms with E-state index >= 15 is 0 Å². The number of primary amides is 1. The van der Waals surface area contributed by atoms with Crippen molar-refractivity contribution in [3.63, 3.8) is 0 Å². The first kappa shape index (κ1) is 14.3. The van der Waals surface area contributed by atoms with E-state index in [9.17, 15) is 4.79 Å². The Morgan fingerprint density at radius 3 is 2.20 bits per heavy atom. The van der Waals surface area contributed by atoms with E-state index < -0.39 is 0 Å². The lowest BCUT2D eigenvalue weighted by molar-refractivity contribution is 0.1000. The van der Waals surface area contributed by atoms with Gasteiger partial charge in [0.25, 0.3) is 0 Å². The van der Waals surface area contributed by atoms with Crippen molar-refractivity contribution in [3.8, 4) is 11.1 Å². The van der Waals surface area contributed by atoms with E-state index in [1.807, 2.05) is 39.2 Å². The minimum absolute atomic E-state index is 0.381. The lowest BCUT2D eigenvalue weighted by Crippen LogP contribution is -2.12. The molecule has 3 heteroatoms. The van der Waals surface area contributed by atoms with Gasteiger partial charge in [-0.3, -0.25) is 4.79 Å². The van der Waals surface area contributed by atoms with E-state index in [-0.39, 0.29) is 5.91 Å². The second-order valence-electron chi connectivity index (χ2n) is 5.33. The monoisotopic (exact) mass is 268 g/mol. The second kappa shape index (κ2) is 5.88. The van der Waals surface area contributed by atoms with Crippen molar-refractivity contribution in [2.45, 2.75) is 13.5 Å². The molecule has 0 bridgehead atoms. The molecule has 2 N–H and O–H groups in total. The van der Waals surface area contributed by atoms with Gasteiger partial charge < -0.3 is 10.6 Å². The smallest absolute Gasteiger partial charge is 0.248 e. The molecule has 3 nitrogen and oxygen atoms in total. The topological polar surface area (TPSA) is 46.3 Å². The average Bonchev–Trinajstić information content (AvgIpc) is 2.39. The number of hydrogen-bond donors (Lipinski definition) is 1. The van der Waals surface area contributed by atoms with E-state index in [1.165, 1.54) is 5.56 Å². The van der Waals surface area contributed by atoms with E-state index in [2.05, 4.69) is 29.2 Å². The van der Waals surface area contributed by atoms with E-state index in [1.54, 1.807) is 0 Å². The van der Waals surface area contributed by atoms with Gasteiger partial charge in [-0.25, -0.2) is 0 Å². The van der Waals surface area contributed by atoms with Gasteiger partial charge in [-0.1, -0.05) is 36.4 Å². The van der Waals surface area contributed by atoms with E-state index in [0.29, 0.717) is 5.56 Å². The molecule has 0 radical (unpaired) electrons. The van der Waals surface area contributed by atoms with Gasteiger partial charge in [-0.2, -0.15) is 0 Å². The number of amides is 1. The third kappa shape index (κ3) is 3.25. The SMILES string of the molecule is Cc1ccc(-c2ccc(CN(C)C)cc2)cc1C(N)=O. The summed E-state index contributed by atoms with van der Waals surface area (Å²) in [5.74, 6) is -0.381. The summed E-state index contributed by atoms with van der Waals surface area (Å²) in [6, 6.07) is 14.2. The van der Waals surface area contributed by atoms with Gasteiger partial charge in [0.15, 0.2) is 0 Å². The standard InChI is InChI=1S/C17H20N2O/c1-12-4-7-15(10-16(12)17(18)20)14-8-5-13(6-9-14)11-19(2)3/h4-10H,11H2,1-3H3,(H2,18,20). The number of carbonyl (C=O) groups excluding carboxylic acids is 1. The quantitative estimate of drug-likeness (QED) is 0.926. The fourth-order valence-electron chi connectivity index (χ4n) is 2.23. The minimum Gasteiger partial charge on any atom is -0.366 e. The van der Waals surface area contributed by atoms with Crippen LogP contribution in [0.15, 0.2) is 42.5 Å². The van der Waals surface area contributed by atoms with Gasteiger partial charge >= 0.3 is 0 Å². The zero-order valence-corrected chi connectivity index (χ0v) is 12.2. The molecule has 0 atom stereocenters. The van der Waals surface area contributed by atoms with Crippen molar-refractivity contribution in [1.29, 1.82) is 0 Å². The van der Waals surface area contributed by atoms with Crippen molar-refractivity contribution >= 4 is 5.91 Å². The van der Waals surface area contributed by atoms with Crippen LogP contribution in [0.2, 0.25) is 0 Å². The molecule has 0 aliphatic heterocycles. The molecule has 1 amide bonds. The van der Waals surface area contributed by atoms with Crippen LogP contribution in [0.25, 0.3) is 11.1 Å². The zero-order chi connectivity index (χ0) is 14.7. The van der Waals surface area contributed by atoms with Gasteiger partial charge in [0.1, 0.15) is 0 Å². The van der Waals surface area contributed by atoms with Crippen LogP contribution in [0, 0.1) is 6.92 Å². The van der Waals surface area contributed by atoms with E-state index in [4.69, 9.17) is 5.73 Å². The molecule has 2 aromatic carbocycles. The highest BCUT2D eigenvalue weighted by molar-refractivity contribution is 5.95. The molecule has 0 heterocycles. The van der Waals surface area contributed by atoms with Crippen LogP contribution in [-0.4, -0.2) is 24.9 Å². The molecule has 104 valence electrons. The largest absolute Gasteiger partial charge is 0.366 e. The lowest BCUT2D eigenvalue weighted by atomic mass is 9.98. The Balaban J connectivity index is 2.32. The van der Waals surface area contributed by atoms with Gasteiger partial charge in [0.05, 0.1) is 0 Å². The predicted octanol–water partition coefficient (Wildman–Crippen LogP) is 2.82. The second-order valence-corrected chi connectivity index (χ2v) is 5.33. The summed E-state index contributed by atoms with van der Waals surface area (Å²) in [5.41, 5.74) is 10.3. The number of nitrogens with zero attached hydrogens (tertiary/aromatic N) is 1. The van der Waals surface area contributed by atoms with Crippen LogP contribution >= 0.6 is 0 Å². The molecule has 2 rings (SSSR count). The Morgan fingerprint density at radius 2 is 1.65 bits per heavy atom. The third-order valence-corrected chi connectivity index (χ3v) is 3.29. The van der Waals surface area contributed by atoms with Gasteiger partial charge in [0, 0.05) is 12.1 Å². The molecule has 0 saturated carbocycles. The number of rotatable bonds is 4. The van der Waals surface area contributed by atoms with Crippen LogP contribution in [0.4, 0.5) is 0 Å². The van der Waals surface area contributed by atoms with Gasteiger partial charge in [-0.15, -0.1) is 0 Å². The summed E-state index contributed by atoms with van der Waals surface area (Å²) < 4.78 is 0. The molecule has 0 saturated heterocycles. The lowest BCUT2D eigenvalue weighted by Gasteiger charge is -2.11. The number of hydrogen-bond acceptors (Lipinski definition) is 2. The van der Waals surface area contributed by atoms with Crippen molar-refractivity contribution in [3.05, 3.63) is 59.2 Å². The highest BCUT2D eigenvalue weighted by Crippen LogP contribution is 2.23. The van der Waals surface area contributed by atoms with Crippen LogP contribution in [0.3, 0.4) is 0 Å². The zero-order valence-electron chi connectivity index (χ0n) is 12.2. The first-order chi connectivity index (χ1) is 9.47. The minimum atomic E-state index is -0.381.